The molecule has 1 aromatic heterocycles. The van der Waals surface area contributed by atoms with Gasteiger partial charge in [-0.25, -0.2) is 0 Å². The number of piperazine rings is 1. The second kappa shape index (κ2) is 7.89. The number of carbonyl (C=O) groups excluding carboxylic acids is 1. The Hall–Kier alpha value is -2.05. The van der Waals surface area contributed by atoms with Crippen molar-refractivity contribution in [3.8, 4) is 5.75 Å². The first kappa shape index (κ1) is 17.8. The standard InChI is InChI=1S/C19H26N2O4/c1-3-15(12-22)20-6-8-21(9-7-20)19(23)10-14-13-25-18-11-16(24-2)4-5-17(14)18/h4-5,11,13,15,22H,3,6-10,12H2,1-2H3. The van der Waals surface area contributed by atoms with E-state index in [1.165, 1.54) is 0 Å². The molecule has 1 atom stereocenters. The molecule has 0 saturated carbocycles. The molecule has 0 radical (unpaired) electrons. The Labute approximate surface area is 148 Å². The summed E-state index contributed by atoms with van der Waals surface area (Å²) in [6, 6.07) is 5.85. The average molecular weight is 346 g/mol. The SMILES string of the molecule is CCC(CO)N1CCN(C(=O)Cc2coc3cc(OC)ccc23)CC1. The maximum atomic E-state index is 12.6. The molecule has 1 aliphatic rings. The first-order chi connectivity index (χ1) is 12.2. The van der Waals surface area contributed by atoms with Crippen LogP contribution in [0.4, 0.5) is 0 Å². The number of hydrogen-bond acceptors (Lipinski definition) is 5. The van der Waals surface area contributed by atoms with Gasteiger partial charge in [-0.3, -0.25) is 9.69 Å². The molecule has 0 bridgehead atoms. The van der Waals surface area contributed by atoms with Gasteiger partial charge in [0.2, 0.25) is 5.91 Å². The van der Waals surface area contributed by atoms with E-state index in [-0.39, 0.29) is 18.6 Å². The Balaban J connectivity index is 1.62. The van der Waals surface area contributed by atoms with Crippen molar-refractivity contribution in [1.29, 1.82) is 0 Å². The maximum absolute atomic E-state index is 12.6. The van der Waals surface area contributed by atoms with E-state index in [9.17, 15) is 9.90 Å². The lowest BCUT2D eigenvalue weighted by molar-refractivity contribution is -0.132. The van der Waals surface area contributed by atoms with Gasteiger partial charge in [-0.05, 0) is 18.6 Å². The predicted molar refractivity (Wildman–Crippen MR) is 95.8 cm³/mol. The number of amides is 1. The third-order valence-electron chi connectivity index (χ3n) is 5.07. The number of ether oxygens (including phenoxy) is 1. The summed E-state index contributed by atoms with van der Waals surface area (Å²) in [5.41, 5.74) is 1.65. The minimum Gasteiger partial charge on any atom is -0.497 e. The number of carbonyl (C=O) groups is 1. The van der Waals surface area contributed by atoms with Crippen molar-refractivity contribution in [2.24, 2.45) is 0 Å². The van der Waals surface area contributed by atoms with Crippen molar-refractivity contribution in [1.82, 2.24) is 9.80 Å². The number of furan rings is 1. The van der Waals surface area contributed by atoms with Crippen LogP contribution in [0, 0.1) is 0 Å². The minimum atomic E-state index is 0.121. The molecule has 1 saturated heterocycles. The minimum absolute atomic E-state index is 0.121. The summed E-state index contributed by atoms with van der Waals surface area (Å²) in [6.07, 6.45) is 2.93. The Bertz CT molecular complexity index is 715. The van der Waals surface area contributed by atoms with Crippen LogP contribution >= 0.6 is 0 Å². The lowest BCUT2D eigenvalue weighted by Crippen LogP contribution is -2.53. The molecule has 1 aromatic carbocycles. The molecule has 6 nitrogen and oxygen atoms in total. The van der Waals surface area contributed by atoms with E-state index in [2.05, 4.69) is 11.8 Å². The summed E-state index contributed by atoms with van der Waals surface area (Å²) in [5.74, 6) is 0.862. The zero-order chi connectivity index (χ0) is 17.8. The van der Waals surface area contributed by atoms with E-state index >= 15 is 0 Å². The fourth-order valence-corrected chi connectivity index (χ4v) is 3.44. The number of aliphatic hydroxyl groups excluding tert-OH is 1. The number of methoxy groups -OCH3 is 1. The predicted octanol–water partition coefficient (Wildman–Crippen LogP) is 1.90. The van der Waals surface area contributed by atoms with Crippen LogP contribution in [0.2, 0.25) is 0 Å². The lowest BCUT2D eigenvalue weighted by Gasteiger charge is -2.38. The first-order valence-electron chi connectivity index (χ1n) is 8.83. The molecule has 6 heteroatoms. The highest BCUT2D eigenvalue weighted by atomic mass is 16.5. The summed E-state index contributed by atoms with van der Waals surface area (Å²) in [6.45, 7) is 5.30. The molecular formula is C19H26N2O4. The molecule has 0 spiro atoms. The summed E-state index contributed by atoms with van der Waals surface area (Å²) in [7, 11) is 1.62. The molecular weight excluding hydrogens is 320 g/mol. The van der Waals surface area contributed by atoms with Gasteiger partial charge < -0.3 is 19.2 Å². The summed E-state index contributed by atoms with van der Waals surface area (Å²) in [4.78, 5) is 16.8. The number of aliphatic hydroxyl groups is 1. The quantitative estimate of drug-likeness (QED) is 0.865. The monoisotopic (exact) mass is 346 g/mol. The molecule has 1 fully saturated rings. The molecule has 2 heterocycles. The topological polar surface area (TPSA) is 66.2 Å². The second-order valence-electron chi connectivity index (χ2n) is 6.46. The van der Waals surface area contributed by atoms with E-state index < -0.39 is 0 Å². The molecule has 0 aliphatic carbocycles. The Morgan fingerprint density at radius 3 is 2.72 bits per heavy atom. The maximum Gasteiger partial charge on any atom is 0.227 e. The number of fused-ring (bicyclic) bond motifs is 1. The van der Waals surface area contributed by atoms with E-state index in [4.69, 9.17) is 9.15 Å². The van der Waals surface area contributed by atoms with Gasteiger partial charge in [0.25, 0.3) is 0 Å². The Kier molecular flexibility index (Phi) is 5.60. The number of nitrogens with zero attached hydrogens (tertiary/aromatic N) is 2. The van der Waals surface area contributed by atoms with Gasteiger partial charge in [-0.15, -0.1) is 0 Å². The van der Waals surface area contributed by atoms with Crippen molar-refractivity contribution in [3.63, 3.8) is 0 Å². The molecule has 25 heavy (non-hydrogen) atoms. The highest BCUT2D eigenvalue weighted by Crippen LogP contribution is 2.26. The van der Waals surface area contributed by atoms with Gasteiger partial charge in [-0.2, -0.15) is 0 Å². The zero-order valence-corrected chi connectivity index (χ0v) is 14.9. The third-order valence-corrected chi connectivity index (χ3v) is 5.07. The van der Waals surface area contributed by atoms with Gasteiger partial charge in [0.1, 0.15) is 11.3 Å². The molecule has 136 valence electrons. The fourth-order valence-electron chi connectivity index (χ4n) is 3.44. The van der Waals surface area contributed by atoms with E-state index in [0.29, 0.717) is 19.5 Å². The fraction of sp³-hybridized carbons (Fsp3) is 0.526. The zero-order valence-electron chi connectivity index (χ0n) is 14.9. The van der Waals surface area contributed by atoms with Crippen molar-refractivity contribution >= 4 is 16.9 Å². The number of rotatable bonds is 6. The largest absolute Gasteiger partial charge is 0.497 e. The van der Waals surface area contributed by atoms with E-state index in [0.717, 1.165) is 41.8 Å². The highest BCUT2D eigenvalue weighted by Gasteiger charge is 2.25. The van der Waals surface area contributed by atoms with Crippen molar-refractivity contribution in [2.45, 2.75) is 25.8 Å². The second-order valence-corrected chi connectivity index (χ2v) is 6.46. The Morgan fingerprint density at radius 1 is 1.32 bits per heavy atom. The summed E-state index contributed by atoms with van der Waals surface area (Å²) < 4.78 is 10.8. The average Bonchev–Trinajstić information content (AvgIpc) is 3.05. The lowest BCUT2D eigenvalue weighted by atomic mass is 10.1. The van der Waals surface area contributed by atoms with Crippen LogP contribution in [-0.2, 0) is 11.2 Å². The van der Waals surface area contributed by atoms with Crippen LogP contribution in [0.5, 0.6) is 5.75 Å². The van der Waals surface area contributed by atoms with Crippen LogP contribution in [0.3, 0.4) is 0 Å². The normalized spacial score (nSPS) is 17.0. The summed E-state index contributed by atoms with van der Waals surface area (Å²) in [5, 5.41) is 10.4. The van der Waals surface area contributed by atoms with Crippen molar-refractivity contribution < 1.29 is 19.1 Å². The van der Waals surface area contributed by atoms with Crippen LogP contribution in [0.15, 0.2) is 28.9 Å². The highest BCUT2D eigenvalue weighted by molar-refractivity contribution is 5.88. The van der Waals surface area contributed by atoms with Gasteiger partial charge >= 0.3 is 0 Å². The molecule has 2 aromatic rings. The Morgan fingerprint density at radius 2 is 2.08 bits per heavy atom. The molecule has 1 unspecified atom stereocenters. The third kappa shape index (κ3) is 3.80. The van der Waals surface area contributed by atoms with E-state index in [1.807, 2.05) is 23.1 Å². The van der Waals surface area contributed by atoms with Crippen LogP contribution in [-0.4, -0.2) is 66.8 Å². The van der Waals surface area contributed by atoms with Crippen LogP contribution in [0.25, 0.3) is 11.0 Å². The molecule has 1 N–H and O–H groups in total. The summed E-state index contributed by atoms with van der Waals surface area (Å²) >= 11 is 0. The molecule has 1 aliphatic heterocycles. The van der Waals surface area contributed by atoms with E-state index in [1.54, 1.807) is 13.4 Å². The van der Waals surface area contributed by atoms with Crippen molar-refractivity contribution in [2.75, 3.05) is 39.9 Å². The van der Waals surface area contributed by atoms with Crippen molar-refractivity contribution in [3.05, 3.63) is 30.0 Å². The van der Waals surface area contributed by atoms with Crippen LogP contribution in [0.1, 0.15) is 18.9 Å². The number of hydrogen-bond donors (Lipinski definition) is 1. The smallest absolute Gasteiger partial charge is 0.227 e. The van der Waals surface area contributed by atoms with Gasteiger partial charge in [0.05, 0.1) is 26.4 Å². The van der Waals surface area contributed by atoms with Crippen LogP contribution < -0.4 is 4.74 Å². The van der Waals surface area contributed by atoms with Gasteiger partial charge in [0.15, 0.2) is 0 Å². The first-order valence-corrected chi connectivity index (χ1v) is 8.83. The van der Waals surface area contributed by atoms with Gasteiger partial charge in [0, 0.05) is 49.2 Å². The molecule has 3 rings (SSSR count). The number of benzene rings is 1. The van der Waals surface area contributed by atoms with Gasteiger partial charge in [-0.1, -0.05) is 6.92 Å². The molecule has 1 amide bonds.